The Balaban J connectivity index is 1.62. The Morgan fingerprint density at radius 2 is 1.85 bits per heavy atom. The molecule has 2 atom stereocenters. The van der Waals surface area contributed by atoms with Crippen LogP contribution in [0, 0.1) is 17.5 Å². The Hall–Kier alpha value is -2.45. The van der Waals surface area contributed by atoms with Crippen molar-refractivity contribution in [3.05, 3.63) is 64.4 Å². The molecule has 0 aliphatic carbocycles. The van der Waals surface area contributed by atoms with Gasteiger partial charge in [-0.2, -0.15) is 11.3 Å². The van der Waals surface area contributed by atoms with E-state index >= 15 is 0 Å². The zero-order valence-electron chi connectivity index (χ0n) is 13.6. The van der Waals surface area contributed by atoms with Gasteiger partial charge in [-0.3, -0.25) is 0 Å². The minimum atomic E-state index is -1.20. The van der Waals surface area contributed by atoms with Gasteiger partial charge in [-0.05, 0) is 23.1 Å². The highest BCUT2D eigenvalue weighted by molar-refractivity contribution is 7.08. The van der Waals surface area contributed by atoms with Gasteiger partial charge in [0.05, 0.1) is 5.69 Å². The van der Waals surface area contributed by atoms with Gasteiger partial charge in [0.1, 0.15) is 18.0 Å². The maximum atomic E-state index is 14.1. The lowest BCUT2D eigenvalue weighted by Gasteiger charge is -2.18. The summed E-state index contributed by atoms with van der Waals surface area (Å²) < 4.78 is 40.9. The number of benzene rings is 1. The average molecular weight is 376 g/mol. The van der Waals surface area contributed by atoms with Gasteiger partial charge in [0.2, 0.25) is 0 Å². The Morgan fingerprint density at radius 1 is 1.04 bits per heavy atom. The predicted molar refractivity (Wildman–Crippen MR) is 94.6 cm³/mol. The van der Waals surface area contributed by atoms with Crippen LogP contribution in [0.5, 0.6) is 0 Å². The van der Waals surface area contributed by atoms with Gasteiger partial charge in [-0.1, -0.05) is 0 Å². The van der Waals surface area contributed by atoms with Gasteiger partial charge in [-0.25, -0.2) is 23.1 Å². The molecule has 3 aromatic rings. The highest BCUT2D eigenvalue weighted by Crippen LogP contribution is 2.33. The van der Waals surface area contributed by atoms with E-state index in [1.54, 1.807) is 11.3 Å². The van der Waals surface area contributed by atoms with E-state index in [0.717, 1.165) is 17.3 Å². The third-order valence-corrected chi connectivity index (χ3v) is 5.28. The van der Waals surface area contributed by atoms with E-state index in [2.05, 4.69) is 9.97 Å². The summed E-state index contributed by atoms with van der Waals surface area (Å²) in [5, 5.41) is 3.95. The Morgan fingerprint density at radius 3 is 2.62 bits per heavy atom. The predicted octanol–water partition coefficient (Wildman–Crippen LogP) is 3.55. The fourth-order valence-electron chi connectivity index (χ4n) is 3.26. The molecule has 2 aromatic heterocycles. The van der Waals surface area contributed by atoms with Crippen LogP contribution in [-0.4, -0.2) is 29.1 Å². The SMILES string of the molecule is N[C@@H]1CN(c2cc(-c3ccsc3)ncn2)CC1c1cc(F)c(F)cc1F. The molecule has 0 bridgehead atoms. The van der Waals surface area contributed by atoms with Crippen LogP contribution in [0.2, 0.25) is 0 Å². The summed E-state index contributed by atoms with van der Waals surface area (Å²) >= 11 is 1.57. The van der Waals surface area contributed by atoms with E-state index in [9.17, 15) is 13.2 Å². The molecule has 1 aliphatic heterocycles. The number of nitrogens with zero attached hydrogens (tertiary/aromatic N) is 3. The normalized spacial score (nSPS) is 19.9. The molecule has 1 aliphatic rings. The second-order valence-electron chi connectivity index (χ2n) is 6.24. The van der Waals surface area contributed by atoms with Crippen molar-refractivity contribution in [2.45, 2.75) is 12.0 Å². The molecule has 1 aromatic carbocycles. The molecule has 4 rings (SSSR count). The van der Waals surface area contributed by atoms with Crippen molar-refractivity contribution in [2.75, 3.05) is 18.0 Å². The monoisotopic (exact) mass is 376 g/mol. The fourth-order valence-corrected chi connectivity index (χ4v) is 3.90. The number of rotatable bonds is 3. The minimum Gasteiger partial charge on any atom is -0.354 e. The van der Waals surface area contributed by atoms with Crippen molar-refractivity contribution >= 4 is 17.2 Å². The van der Waals surface area contributed by atoms with Gasteiger partial charge in [-0.15, -0.1) is 0 Å². The van der Waals surface area contributed by atoms with Crippen molar-refractivity contribution in [2.24, 2.45) is 5.73 Å². The Kier molecular flexibility index (Phi) is 4.37. The summed E-state index contributed by atoms with van der Waals surface area (Å²) in [6.07, 6.45) is 1.47. The number of thiophene rings is 1. The lowest BCUT2D eigenvalue weighted by atomic mass is 9.94. The molecule has 134 valence electrons. The van der Waals surface area contributed by atoms with E-state index < -0.39 is 29.4 Å². The highest BCUT2D eigenvalue weighted by Gasteiger charge is 2.34. The molecular weight excluding hydrogens is 361 g/mol. The van der Waals surface area contributed by atoms with Crippen molar-refractivity contribution in [1.29, 1.82) is 0 Å². The van der Waals surface area contributed by atoms with Gasteiger partial charge in [0.15, 0.2) is 11.6 Å². The van der Waals surface area contributed by atoms with Crippen LogP contribution in [-0.2, 0) is 0 Å². The van der Waals surface area contributed by atoms with E-state index in [1.807, 2.05) is 27.8 Å². The summed E-state index contributed by atoms with van der Waals surface area (Å²) in [6, 6.07) is 4.86. The van der Waals surface area contributed by atoms with Crippen molar-refractivity contribution in [3.63, 3.8) is 0 Å². The van der Waals surface area contributed by atoms with E-state index in [4.69, 9.17) is 5.73 Å². The number of hydrogen-bond acceptors (Lipinski definition) is 5. The van der Waals surface area contributed by atoms with Crippen LogP contribution in [0.25, 0.3) is 11.3 Å². The molecule has 4 nitrogen and oxygen atoms in total. The smallest absolute Gasteiger partial charge is 0.161 e. The van der Waals surface area contributed by atoms with Gasteiger partial charge < -0.3 is 10.6 Å². The molecule has 0 saturated carbocycles. The first kappa shape index (κ1) is 17.0. The molecule has 1 saturated heterocycles. The largest absolute Gasteiger partial charge is 0.354 e. The zero-order chi connectivity index (χ0) is 18.3. The topological polar surface area (TPSA) is 55.0 Å². The summed E-state index contributed by atoms with van der Waals surface area (Å²) in [6.45, 7) is 0.798. The van der Waals surface area contributed by atoms with Crippen LogP contribution < -0.4 is 10.6 Å². The van der Waals surface area contributed by atoms with Crippen LogP contribution >= 0.6 is 11.3 Å². The molecule has 1 fully saturated rings. The average Bonchev–Trinajstić information content (AvgIpc) is 3.28. The summed E-state index contributed by atoms with van der Waals surface area (Å²) in [5.74, 6) is -2.85. The maximum absolute atomic E-state index is 14.1. The van der Waals surface area contributed by atoms with Crippen LogP contribution in [0.3, 0.4) is 0 Å². The van der Waals surface area contributed by atoms with Crippen molar-refractivity contribution in [1.82, 2.24) is 9.97 Å². The first-order valence-electron chi connectivity index (χ1n) is 8.02. The first-order chi connectivity index (χ1) is 12.5. The second kappa shape index (κ2) is 6.69. The van der Waals surface area contributed by atoms with Crippen LogP contribution in [0.1, 0.15) is 11.5 Å². The molecule has 8 heteroatoms. The summed E-state index contributed by atoms with van der Waals surface area (Å²) in [7, 11) is 0. The van der Waals surface area contributed by atoms with Crippen molar-refractivity contribution in [3.8, 4) is 11.3 Å². The molecule has 0 spiro atoms. The first-order valence-corrected chi connectivity index (χ1v) is 8.97. The number of halogens is 3. The molecule has 0 amide bonds. The number of aromatic nitrogens is 2. The lowest BCUT2D eigenvalue weighted by Crippen LogP contribution is -2.29. The van der Waals surface area contributed by atoms with Crippen LogP contribution in [0.4, 0.5) is 19.0 Å². The molecule has 26 heavy (non-hydrogen) atoms. The van der Waals surface area contributed by atoms with Crippen molar-refractivity contribution < 1.29 is 13.2 Å². The van der Waals surface area contributed by atoms with Crippen LogP contribution in [0.15, 0.2) is 41.4 Å². The molecular formula is C18H15F3N4S. The second-order valence-corrected chi connectivity index (χ2v) is 7.02. The number of anilines is 1. The molecule has 2 N–H and O–H groups in total. The van der Waals surface area contributed by atoms with E-state index in [-0.39, 0.29) is 5.56 Å². The third-order valence-electron chi connectivity index (χ3n) is 4.60. The van der Waals surface area contributed by atoms with Gasteiger partial charge in [0, 0.05) is 48.1 Å². The van der Waals surface area contributed by atoms with Gasteiger partial charge in [0.25, 0.3) is 0 Å². The number of hydrogen-bond donors (Lipinski definition) is 1. The Bertz CT molecular complexity index is 932. The molecule has 0 radical (unpaired) electrons. The molecule has 3 heterocycles. The summed E-state index contributed by atoms with van der Waals surface area (Å²) in [5.41, 5.74) is 8.03. The molecule has 1 unspecified atom stereocenters. The van der Waals surface area contributed by atoms with E-state index in [1.165, 1.54) is 6.33 Å². The highest BCUT2D eigenvalue weighted by atomic mass is 32.1. The Labute approximate surface area is 152 Å². The van der Waals surface area contributed by atoms with E-state index in [0.29, 0.717) is 25.0 Å². The standard InChI is InChI=1S/C18H15F3N4S/c19-13-4-15(21)14(20)3-11(13)12-6-25(7-16(12)22)18-5-17(23-9-24-18)10-1-2-26-8-10/h1-5,8-9,12,16H,6-7,22H2/t12?,16-/m1/s1. The quantitative estimate of drug-likeness (QED) is 0.711. The zero-order valence-corrected chi connectivity index (χ0v) is 14.4. The lowest BCUT2D eigenvalue weighted by molar-refractivity contribution is 0.482. The number of nitrogens with two attached hydrogens (primary N) is 1. The maximum Gasteiger partial charge on any atom is 0.161 e. The minimum absolute atomic E-state index is 0.0889. The fraction of sp³-hybridized carbons (Fsp3) is 0.222. The third kappa shape index (κ3) is 3.06. The van der Waals surface area contributed by atoms with Gasteiger partial charge >= 0.3 is 0 Å². The summed E-state index contributed by atoms with van der Waals surface area (Å²) in [4.78, 5) is 10.5.